The van der Waals surface area contributed by atoms with Crippen molar-refractivity contribution in [3.63, 3.8) is 0 Å². The minimum Gasteiger partial charge on any atom is -0.338 e. The Hall–Kier alpha value is -2.14. The second-order valence-corrected chi connectivity index (χ2v) is 5.15. The highest BCUT2D eigenvalue weighted by Gasteiger charge is 2.26. The number of rotatable bonds is 3. The third-order valence-electron chi connectivity index (χ3n) is 3.76. The van der Waals surface area contributed by atoms with Gasteiger partial charge in [-0.1, -0.05) is 18.2 Å². The molecule has 1 saturated heterocycles. The number of amides is 1. The summed E-state index contributed by atoms with van der Waals surface area (Å²) in [5.74, 6) is 0.478. The van der Waals surface area contributed by atoms with Gasteiger partial charge in [-0.2, -0.15) is 5.10 Å². The quantitative estimate of drug-likeness (QED) is 0.914. The predicted octanol–water partition coefficient (Wildman–Crippen LogP) is 1.29. The van der Waals surface area contributed by atoms with E-state index in [4.69, 9.17) is 5.73 Å². The van der Waals surface area contributed by atoms with Gasteiger partial charge >= 0.3 is 0 Å². The zero-order chi connectivity index (χ0) is 13.9. The molecular weight excluding hydrogens is 252 g/mol. The highest BCUT2D eigenvalue weighted by molar-refractivity contribution is 5.94. The van der Waals surface area contributed by atoms with E-state index >= 15 is 0 Å². The van der Waals surface area contributed by atoms with Crippen LogP contribution in [0.15, 0.2) is 42.7 Å². The topological polar surface area (TPSA) is 64.2 Å². The summed E-state index contributed by atoms with van der Waals surface area (Å²) in [5.41, 5.74) is 7.24. The zero-order valence-electron chi connectivity index (χ0n) is 11.3. The first kappa shape index (κ1) is 12.9. The molecule has 0 spiro atoms. The third-order valence-corrected chi connectivity index (χ3v) is 3.76. The van der Waals surface area contributed by atoms with Gasteiger partial charge in [0, 0.05) is 19.3 Å². The molecule has 104 valence electrons. The number of hydrogen-bond acceptors (Lipinski definition) is 3. The number of benzene rings is 1. The van der Waals surface area contributed by atoms with Crippen LogP contribution in [-0.4, -0.2) is 40.2 Å². The van der Waals surface area contributed by atoms with Gasteiger partial charge in [0.2, 0.25) is 0 Å². The summed E-state index contributed by atoms with van der Waals surface area (Å²) in [4.78, 5) is 14.2. The lowest BCUT2D eigenvalue weighted by Crippen LogP contribution is -2.29. The van der Waals surface area contributed by atoms with Gasteiger partial charge in [-0.15, -0.1) is 0 Å². The molecule has 0 aliphatic carbocycles. The van der Waals surface area contributed by atoms with Crippen LogP contribution in [0.4, 0.5) is 0 Å². The molecule has 1 aliphatic rings. The first-order valence-electron chi connectivity index (χ1n) is 6.87. The van der Waals surface area contributed by atoms with Crippen LogP contribution in [0, 0.1) is 5.92 Å². The molecule has 0 saturated carbocycles. The van der Waals surface area contributed by atoms with Crippen molar-refractivity contribution in [1.82, 2.24) is 14.7 Å². The van der Waals surface area contributed by atoms with Gasteiger partial charge in [-0.3, -0.25) is 4.79 Å². The Morgan fingerprint density at radius 2 is 2.15 bits per heavy atom. The second-order valence-electron chi connectivity index (χ2n) is 5.15. The van der Waals surface area contributed by atoms with Crippen LogP contribution in [-0.2, 0) is 0 Å². The number of aromatic nitrogens is 2. The van der Waals surface area contributed by atoms with Gasteiger partial charge in [0.05, 0.1) is 17.4 Å². The van der Waals surface area contributed by atoms with E-state index in [0.29, 0.717) is 18.0 Å². The van der Waals surface area contributed by atoms with Gasteiger partial charge in [0.1, 0.15) is 0 Å². The van der Waals surface area contributed by atoms with Crippen LogP contribution < -0.4 is 5.73 Å². The Bertz CT molecular complexity index is 593. The Labute approximate surface area is 118 Å². The lowest BCUT2D eigenvalue weighted by atomic mass is 10.1. The van der Waals surface area contributed by atoms with E-state index in [-0.39, 0.29) is 5.91 Å². The molecule has 0 bridgehead atoms. The maximum Gasteiger partial charge on any atom is 0.257 e. The van der Waals surface area contributed by atoms with Crippen molar-refractivity contribution >= 4 is 5.91 Å². The van der Waals surface area contributed by atoms with Crippen molar-refractivity contribution in [1.29, 1.82) is 0 Å². The molecule has 0 radical (unpaired) electrons. The fourth-order valence-corrected chi connectivity index (χ4v) is 2.55. The molecule has 1 aliphatic heterocycles. The molecule has 20 heavy (non-hydrogen) atoms. The second kappa shape index (κ2) is 5.46. The summed E-state index contributed by atoms with van der Waals surface area (Å²) in [5, 5.41) is 4.26. The Morgan fingerprint density at radius 3 is 2.85 bits per heavy atom. The third kappa shape index (κ3) is 2.44. The summed E-state index contributed by atoms with van der Waals surface area (Å²) in [6.45, 7) is 2.19. The fourth-order valence-electron chi connectivity index (χ4n) is 2.55. The minimum absolute atomic E-state index is 0.0446. The van der Waals surface area contributed by atoms with Crippen molar-refractivity contribution < 1.29 is 4.79 Å². The van der Waals surface area contributed by atoms with Crippen LogP contribution in [0.5, 0.6) is 0 Å². The van der Waals surface area contributed by atoms with Gasteiger partial charge in [-0.25, -0.2) is 4.68 Å². The SMILES string of the molecule is NCC1CCN(C(=O)c2cnn(-c3ccccc3)c2)C1. The number of nitrogens with zero attached hydrogens (tertiary/aromatic N) is 3. The zero-order valence-corrected chi connectivity index (χ0v) is 11.3. The van der Waals surface area contributed by atoms with Crippen LogP contribution in [0.3, 0.4) is 0 Å². The molecule has 2 N–H and O–H groups in total. The average Bonchev–Trinajstić information content (AvgIpc) is 3.17. The van der Waals surface area contributed by atoms with Gasteiger partial charge < -0.3 is 10.6 Å². The van der Waals surface area contributed by atoms with E-state index in [1.807, 2.05) is 35.2 Å². The molecule has 2 aromatic rings. The number of likely N-dealkylation sites (tertiary alicyclic amines) is 1. The van der Waals surface area contributed by atoms with Crippen LogP contribution in [0.1, 0.15) is 16.8 Å². The number of para-hydroxylation sites is 1. The highest BCUT2D eigenvalue weighted by atomic mass is 16.2. The maximum absolute atomic E-state index is 12.4. The smallest absolute Gasteiger partial charge is 0.257 e. The largest absolute Gasteiger partial charge is 0.338 e. The summed E-state index contributed by atoms with van der Waals surface area (Å²) in [7, 11) is 0. The molecule has 1 aromatic heterocycles. The van der Waals surface area contributed by atoms with Crippen LogP contribution in [0.2, 0.25) is 0 Å². The van der Waals surface area contributed by atoms with E-state index in [2.05, 4.69) is 5.10 Å². The summed E-state index contributed by atoms with van der Waals surface area (Å²) in [6, 6.07) is 9.77. The van der Waals surface area contributed by atoms with Crippen molar-refractivity contribution in [3.05, 3.63) is 48.3 Å². The monoisotopic (exact) mass is 270 g/mol. The first-order valence-corrected chi connectivity index (χ1v) is 6.87. The molecule has 1 amide bonds. The Kier molecular flexibility index (Phi) is 3.52. The fraction of sp³-hybridized carbons (Fsp3) is 0.333. The standard InChI is InChI=1S/C15H18N4O/c16-8-12-6-7-18(10-12)15(20)13-9-17-19(11-13)14-4-2-1-3-5-14/h1-5,9,11-12H,6-8,10,16H2. The van der Waals surface area contributed by atoms with E-state index in [0.717, 1.165) is 25.2 Å². The first-order chi connectivity index (χ1) is 9.78. The summed E-state index contributed by atoms with van der Waals surface area (Å²) >= 11 is 0. The van der Waals surface area contributed by atoms with Crippen molar-refractivity contribution in [3.8, 4) is 5.69 Å². The minimum atomic E-state index is 0.0446. The predicted molar refractivity (Wildman–Crippen MR) is 76.6 cm³/mol. The number of carbonyl (C=O) groups is 1. The Balaban J connectivity index is 1.76. The lowest BCUT2D eigenvalue weighted by molar-refractivity contribution is 0.0787. The summed E-state index contributed by atoms with van der Waals surface area (Å²) < 4.78 is 1.73. The van der Waals surface area contributed by atoms with Crippen molar-refractivity contribution in [2.24, 2.45) is 11.7 Å². The maximum atomic E-state index is 12.4. The number of hydrogen-bond donors (Lipinski definition) is 1. The van der Waals surface area contributed by atoms with E-state index in [1.165, 1.54) is 0 Å². The van der Waals surface area contributed by atoms with Crippen LogP contribution >= 0.6 is 0 Å². The van der Waals surface area contributed by atoms with Crippen molar-refractivity contribution in [2.45, 2.75) is 6.42 Å². The van der Waals surface area contributed by atoms with E-state index < -0.39 is 0 Å². The van der Waals surface area contributed by atoms with E-state index in [9.17, 15) is 4.79 Å². The van der Waals surface area contributed by atoms with Gasteiger partial charge in [0.25, 0.3) is 5.91 Å². The molecule has 5 heteroatoms. The molecule has 1 aromatic carbocycles. The van der Waals surface area contributed by atoms with Crippen LogP contribution in [0.25, 0.3) is 5.69 Å². The highest BCUT2D eigenvalue weighted by Crippen LogP contribution is 2.18. The van der Waals surface area contributed by atoms with E-state index in [1.54, 1.807) is 17.1 Å². The lowest BCUT2D eigenvalue weighted by Gasteiger charge is -2.14. The Morgan fingerprint density at radius 1 is 1.35 bits per heavy atom. The molecule has 1 fully saturated rings. The molecule has 3 rings (SSSR count). The molecule has 1 atom stereocenters. The number of nitrogens with two attached hydrogens (primary N) is 1. The summed E-state index contributed by atoms with van der Waals surface area (Å²) in [6.07, 6.45) is 4.41. The normalized spacial score (nSPS) is 18.4. The molecular formula is C15H18N4O. The van der Waals surface area contributed by atoms with Gasteiger partial charge in [-0.05, 0) is 31.0 Å². The molecule has 5 nitrogen and oxygen atoms in total. The van der Waals surface area contributed by atoms with Gasteiger partial charge in [0.15, 0.2) is 0 Å². The average molecular weight is 270 g/mol. The molecule has 2 heterocycles. The molecule has 1 unspecified atom stereocenters. The van der Waals surface area contributed by atoms with Crippen molar-refractivity contribution in [2.75, 3.05) is 19.6 Å². The number of carbonyl (C=O) groups excluding carboxylic acids is 1.